The van der Waals surface area contributed by atoms with Gasteiger partial charge in [0.1, 0.15) is 12.3 Å². The standard InChI is InChI=1S/C24H28N2O3/c1-29-21-11-5-3-9-19(21)24(14-6-7-15-24)17-25-22(27)16-26-20-10-4-2-8-18(20)12-13-23(26)28/h2-5,8-11H,6-7,12-17H2,1H3,(H,25,27). The van der Waals surface area contributed by atoms with Crippen LogP contribution in [0.1, 0.15) is 43.2 Å². The molecule has 0 aromatic heterocycles. The fourth-order valence-electron chi connectivity index (χ4n) is 4.81. The van der Waals surface area contributed by atoms with Crippen molar-refractivity contribution in [3.05, 3.63) is 59.7 Å². The average molecular weight is 392 g/mol. The Labute approximate surface area is 172 Å². The summed E-state index contributed by atoms with van der Waals surface area (Å²) in [7, 11) is 1.69. The van der Waals surface area contributed by atoms with Crippen LogP contribution in [0.15, 0.2) is 48.5 Å². The number of aryl methyl sites for hydroxylation is 1. The van der Waals surface area contributed by atoms with E-state index in [0.29, 0.717) is 13.0 Å². The van der Waals surface area contributed by atoms with Gasteiger partial charge in [-0.3, -0.25) is 9.59 Å². The highest BCUT2D eigenvalue weighted by Crippen LogP contribution is 2.44. The van der Waals surface area contributed by atoms with E-state index in [-0.39, 0.29) is 23.8 Å². The molecule has 5 nitrogen and oxygen atoms in total. The Bertz CT molecular complexity index is 903. The first-order valence-corrected chi connectivity index (χ1v) is 10.4. The summed E-state index contributed by atoms with van der Waals surface area (Å²) in [6.07, 6.45) is 5.54. The van der Waals surface area contributed by atoms with Crippen molar-refractivity contribution in [3.63, 3.8) is 0 Å². The molecule has 152 valence electrons. The fraction of sp³-hybridized carbons (Fsp3) is 0.417. The van der Waals surface area contributed by atoms with Crippen LogP contribution in [-0.2, 0) is 21.4 Å². The van der Waals surface area contributed by atoms with E-state index in [0.717, 1.165) is 49.1 Å². The molecule has 2 amide bonds. The van der Waals surface area contributed by atoms with Crippen LogP contribution in [0.25, 0.3) is 0 Å². The maximum Gasteiger partial charge on any atom is 0.240 e. The lowest BCUT2D eigenvalue weighted by Crippen LogP contribution is -2.46. The maximum absolute atomic E-state index is 12.8. The Morgan fingerprint density at radius 2 is 1.79 bits per heavy atom. The molecule has 0 unspecified atom stereocenters. The second kappa shape index (κ2) is 8.27. The molecular formula is C24H28N2O3. The summed E-state index contributed by atoms with van der Waals surface area (Å²) in [5.41, 5.74) is 3.05. The molecule has 2 aromatic carbocycles. The molecule has 0 saturated heterocycles. The van der Waals surface area contributed by atoms with Gasteiger partial charge in [0, 0.05) is 29.6 Å². The molecule has 0 bridgehead atoms. The minimum atomic E-state index is -0.115. The molecule has 5 heteroatoms. The first kappa shape index (κ1) is 19.5. The number of ether oxygens (including phenoxy) is 1. The Hall–Kier alpha value is -2.82. The third kappa shape index (κ3) is 3.86. The molecule has 2 aliphatic rings. The minimum absolute atomic E-state index is 0.0131. The van der Waals surface area contributed by atoms with Crippen molar-refractivity contribution in [3.8, 4) is 5.75 Å². The average Bonchev–Trinajstić information content (AvgIpc) is 3.24. The van der Waals surface area contributed by atoms with Gasteiger partial charge in [-0.25, -0.2) is 0 Å². The van der Waals surface area contributed by atoms with Gasteiger partial charge >= 0.3 is 0 Å². The highest BCUT2D eigenvalue weighted by molar-refractivity contribution is 6.01. The Morgan fingerprint density at radius 1 is 1.07 bits per heavy atom. The monoisotopic (exact) mass is 392 g/mol. The number of carbonyl (C=O) groups excluding carboxylic acids is 2. The number of nitrogens with one attached hydrogen (secondary N) is 1. The SMILES string of the molecule is COc1ccccc1C1(CNC(=O)CN2C(=O)CCc3ccccc32)CCCC1. The summed E-state index contributed by atoms with van der Waals surface area (Å²) in [5, 5.41) is 3.13. The van der Waals surface area contributed by atoms with Gasteiger partial charge < -0.3 is 15.0 Å². The highest BCUT2D eigenvalue weighted by Gasteiger charge is 2.38. The molecule has 0 atom stereocenters. The lowest BCUT2D eigenvalue weighted by Gasteiger charge is -2.32. The van der Waals surface area contributed by atoms with Crippen molar-refractivity contribution >= 4 is 17.5 Å². The zero-order valence-electron chi connectivity index (χ0n) is 16.9. The molecule has 29 heavy (non-hydrogen) atoms. The van der Waals surface area contributed by atoms with Gasteiger partial charge in [0.15, 0.2) is 0 Å². The van der Waals surface area contributed by atoms with Crippen molar-refractivity contribution in [2.75, 3.05) is 25.1 Å². The number of hydrogen-bond donors (Lipinski definition) is 1. The predicted molar refractivity (Wildman–Crippen MR) is 113 cm³/mol. The van der Waals surface area contributed by atoms with Crippen LogP contribution in [0.5, 0.6) is 5.75 Å². The van der Waals surface area contributed by atoms with Gasteiger partial charge in [0.2, 0.25) is 11.8 Å². The Kier molecular flexibility index (Phi) is 5.56. The number of anilines is 1. The van der Waals surface area contributed by atoms with Crippen LogP contribution in [0.4, 0.5) is 5.69 Å². The van der Waals surface area contributed by atoms with Crippen LogP contribution in [0, 0.1) is 0 Å². The molecule has 2 aromatic rings. The maximum atomic E-state index is 12.8. The molecule has 1 aliphatic carbocycles. The summed E-state index contributed by atoms with van der Waals surface area (Å²) in [4.78, 5) is 26.9. The summed E-state index contributed by atoms with van der Waals surface area (Å²) in [6, 6.07) is 15.9. The second-order valence-corrected chi connectivity index (χ2v) is 8.07. The quantitative estimate of drug-likeness (QED) is 0.817. The van der Waals surface area contributed by atoms with Crippen molar-refractivity contribution in [1.29, 1.82) is 0 Å². The summed E-state index contributed by atoms with van der Waals surface area (Å²) in [5.74, 6) is 0.777. The minimum Gasteiger partial charge on any atom is -0.496 e. The van der Waals surface area contributed by atoms with E-state index in [2.05, 4.69) is 11.4 Å². The van der Waals surface area contributed by atoms with Crippen molar-refractivity contribution < 1.29 is 14.3 Å². The first-order chi connectivity index (χ1) is 14.1. The summed E-state index contributed by atoms with van der Waals surface area (Å²) in [6.45, 7) is 0.633. The number of rotatable bonds is 6. The van der Waals surface area contributed by atoms with Gasteiger partial charge in [-0.2, -0.15) is 0 Å². The smallest absolute Gasteiger partial charge is 0.240 e. The van der Waals surface area contributed by atoms with Gasteiger partial charge in [-0.05, 0) is 37.0 Å². The van der Waals surface area contributed by atoms with Crippen LogP contribution >= 0.6 is 0 Å². The topological polar surface area (TPSA) is 58.6 Å². The van der Waals surface area contributed by atoms with Crippen LogP contribution in [-0.4, -0.2) is 32.0 Å². The number of para-hydroxylation sites is 2. The van der Waals surface area contributed by atoms with E-state index < -0.39 is 0 Å². The van der Waals surface area contributed by atoms with E-state index in [4.69, 9.17) is 4.74 Å². The molecular weight excluding hydrogens is 364 g/mol. The molecule has 1 N–H and O–H groups in total. The first-order valence-electron chi connectivity index (χ1n) is 10.4. The Morgan fingerprint density at radius 3 is 2.59 bits per heavy atom. The van der Waals surface area contributed by atoms with E-state index in [1.54, 1.807) is 12.0 Å². The molecule has 1 aliphatic heterocycles. The van der Waals surface area contributed by atoms with Gasteiger partial charge in [0.05, 0.1) is 7.11 Å². The van der Waals surface area contributed by atoms with Crippen molar-refractivity contribution in [2.45, 2.75) is 43.9 Å². The number of fused-ring (bicyclic) bond motifs is 1. The lowest BCUT2D eigenvalue weighted by atomic mass is 9.78. The van der Waals surface area contributed by atoms with Gasteiger partial charge in [-0.15, -0.1) is 0 Å². The number of amides is 2. The number of benzene rings is 2. The van der Waals surface area contributed by atoms with Crippen molar-refractivity contribution in [2.24, 2.45) is 0 Å². The lowest BCUT2D eigenvalue weighted by molar-refractivity contribution is -0.124. The second-order valence-electron chi connectivity index (χ2n) is 8.07. The third-order valence-corrected chi connectivity index (χ3v) is 6.36. The van der Waals surface area contributed by atoms with E-state index in [1.165, 1.54) is 5.56 Å². The highest BCUT2D eigenvalue weighted by atomic mass is 16.5. The molecule has 1 heterocycles. The van der Waals surface area contributed by atoms with Crippen LogP contribution in [0.3, 0.4) is 0 Å². The third-order valence-electron chi connectivity index (χ3n) is 6.36. The van der Waals surface area contributed by atoms with E-state index in [9.17, 15) is 9.59 Å². The fourth-order valence-corrected chi connectivity index (χ4v) is 4.81. The Balaban J connectivity index is 1.48. The largest absolute Gasteiger partial charge is 0.496 e. The number of carbonyl (C=O) groups is 2. The number of hydrogen-bond acceptors (Lipinski definition) is 3. The normalized spacial score (nSPS) is 17.7. The summed E-state index contributed by atoms with van der Waals surface area (Å²) >= 11 is 0. The van der Waals surface area contributed by atoms with Crippen LogP contribution < -0.4 is 15.0 Å². The molecule has 0 radical (unpaired) electrons. The molecule has 1 saturated carbocycles. The molecule has 4 rings (SSSR count). The van der Waals surface area contributed by atoms with Gasteiger partial charge in [-0.1, -0.05) is 49.2 Å². The zero-order chi connectivity index (χ0) is 20.3. The van der Waals surface area contributed by atoms with Crippen molar-refractivity contribution in [1.82, 2.24) is 5.32 Å². The number of methoxy groups -OCH3 is 1. The summed E-state index contributed by atoms with van der Waals surface area (Å²) < 4.78 is 5.60. The molecule has 1 fully saturated rings. The number of nitrogens with zero attached hydrogens (tertiary/aromatic N) is 1. The van der Waals surface area contributed by atoms with E-state index >= 15 is 0 Å². The molecule has 0 spiro atoms. The predicted octanol–water partition coefficient (Wildman–Crippen LogP) is 3.60. The zero-order valence-corrected chi connectivity index (χ0v) is 16.9. The van der Waals surface area contributed by atoms with Gasteiger partial charge in [0.25, 0.3) is 0 Å². The van der Waals surface area contributed by atoms with E-state index in [1.807, 2.05) is 42.5 Å². The van der Waals surface area contributed by atoms with Crippen LogP contribution in [0.2, 0.25) is 0 Å².